The standard InChI is InChI=1S/C14H19F2N/c1-9(2)14(15,16)12-5-3-4-10(6-12)11-7-13(17)8-11/h3-6,9,11,13H,7-8,17H2,1-2H3. The van der Waals surface area contributed by atoms with Crippen molar-refractivity contribution in [2.75, 3.05) is 0 Å². The lowest BCUT2D eigenvalue weighted by Crippen LogP contribution is -2.34. The molecular weight excluding hydrogens is 220 g/mol. The third-order valence-corrected chi connectivity index (χ3v) is 3.64. The number of nitrogens with two attached hydrogens (primary N) is 1. The minimum atomic E-state index is -2.75. The van der Waals surface area contributed by atoms with Gasteiger partial charge in [0.25, 0.3) is 5.92 Å². The zero-order valence-electron chi connectivity index (χ0n) is 10.3. The molecule has 1 fully saturated rings. The molecule has 94 valence electrons. The van der Waals surface area contributed by atoms with E-state index in [0.29, 0.717) is 5.92 Å². The monoisotopic (exact) mass is 239 g/mol. The molecule has 2 N–H and O–H groups in total. The summed E-state index contributed by atoms with van der Waals surface area (Å²) in [6.07, 6.45) is 1.83. The van der Waals surface area contributed by atoms with Crippen LogP contribution < -0.4 is 5.73 Å². The molecule has 0 saturated heterocycles. The third-order valence-electron chi connectivity index (χ3n) is 3.64. The number of rotatable bonds is 3. The summed E-state index contributed by atoms with van der Waals surface area (Å²) in [5, 5.41) is 0. The molecule has 0 unspecified atom stereocenters. The second-order valence-electron chi connectivity index (χ2n) is 5.33. The molecule has 0 atom stereocenters. The maximum atomic E-state index is 13.9. The second-order valence-corrected chi connectivity index (χ2v) is 5.33. The van der Waals surface area contributed by atoms with Crippen LogP contribution in [0, 0.1) is 5.92 Å². The van der Waals surface area contributed by atoms with Gasteiger partial charge in [0.05, 0.1) is 0 Å². The molecule has 0 spiro atoms. The predicted octanol–water partition coefficient (Wildman–Crippen LogP) is 3.64. The summed E-state index contributed by atoms with van der Waals surface area (Å²) in [6.45, 7) is 3.10. The summed E-state index contributed by atoms with van der Waals surface area (Å²) < 4.78 is 27.8. The highest BCUT2D eigenvalue weighted by Crippen LogP contribution is 2.40. The van der Waals surface area contributed by atoms with Crippen LogP contribution >= 0.6 is 0 Å². The Kier molecular flexibility index (Phi) is 3.21. The fourth-order valence-corrected chi connectivity index (χ4v) is 2.27. The zero-order chi connectivity index (χ0) is 12.6. The van der Waals surface area contributed by atoms with E-state index in [9.17, 15) is 8.78 Å². The molecule has 0 radical (unpaired) electrons. The van der Waals surface area contributed by atoms with Crippen LogP contribution in [0.3, 0.4) is 0 Å². The predicted molar refractivity (Wildman–Crippen MR) is 65.1 cm³/mol. The molecule has 0 amide bonds. The molecule has 0 heterocycles. The molecule has 0 bridgehead atoms. The maximum absolute atomic E-state index is 13.9. The molecular formula is C14H19F2N. The minimum Gasteiger partial charge on any atom is -0.328 e. The van der Waals surface area contributed by atoms with E-state index in [0.717, 1.165) is 18.4 Å². The van der Waals surface area contributed by atoms with Crippen molar-refractivity contribution in [3.63, 3.8) is 0 Å². The van der Waals surface area contributed by atoms with Crippen molar-refractivity contribution in [2.45, 2.75) is 44.6 Å². The van der Waals surface area contributed by atoms with Gasteiger partial charge in [0.15, 0.2) is 0 Å². The molecule has 1 aromatic rings. The lowest BCUT2D eigenvalue weighted by Gasteiger charge is -2.33. The first kappa shape index (κ1) is 12.5. The summed E-state index contributed by atoms with van der Waals surface area (Å²) in [6, 6.07) is 7.06. The fourth-order valence-electron chi connectivity index (χ4n) is 2.27. The third kappa shape index (κ3) is 2.34. The van der Waals surface area contributed by atoms with Gasteiger partial charge in [0.1, 0.15) is 0 Å². The smallest absolute Gasteiger partial charge is 0.275 e. The Morgan fingerprint density at radius 2 is 1.94 bits per heavy atom. The van der Waals surface area contributed by atoms with Gasteiger partial charge in [0, 0.05) is 17.5 Å². The highest BCUT2D eigenvalue weighted by Gasteiger charge is 2.36. The summed E-state index contributed by atoms with van der Waals surface area (Å²) in [5.41, 5.74) is 6.86. The van der Waals surface area contributed by atoms with Gasteiger partial charge in [-0.2, -0.15) is 0 Å². The van der Waals surface area contributed by atoms with Gasteiger partial charge in [-0.1, -0.05) is 32.0 Å². The molecule has 1 aromatic carbocycles. The largest absolute Gasteiger partial charge is 0.328 e. The Bertz CT molecular complexity index is 395. The topological polar surface area (TPSA) is 26.0 Å². The van der Waals surface area contributed by atoms with Gasteiger partial charge in [-0.25, -0.2) is 8.78 Å². The highest BCUT2D eigenvalue weighted by atomic mass is 19.3. The minimum absolute atomic E-state index is 0.130. The van der Waals surface area contributed by atoms with Crippen molar-refractivity contribution >= 4 is 0 Å². The summed E-state index contributed by atoms with van der Waals surface area (Å²) in [4.78, 5) is 0. The van der Waals surface area contributed by atoms with Crippen molar-refractivity contribution in [3.8, 4) is 0 Å². The second kappa shape index (κ2) is 4.37. The zero-order valence-corrected chi connectivity index (χ0v) is 10.3. The Hall–Kier alpha value is -0.960. The molecule has 1 saturated carbocycles. The first-order valence-corrected chi connectivity index (χ1v) is 6.15. The lowest BCUT2D eigenvalue weighted by molar-refractivity contribution is -0.0514. The van der Waals surface area contributed by atoms with Crippen molar-refractivity contribution in [2.24, 2.45) is 11.7 Å². The Balaban J connectivity index is 2.23. The Labute approximate surface area is 101 Å². The van der Waals surface area contributed by atoms with Crippen LogP contribution in [0.2, 0.25) is 0 Å². The first-order valence-electron chi connectivity index (χ1n) is 6.15. The van der Waals surface area contributed by atoms with Crippen LogP contribution in [0.25, 0.3) is 0 Å². The van der Waals surface area contributed by atoms with Crippen molar-refractivity contribution in [1.82, 2.24) is 0 Å². The molecule has 0 aliphatic heterocycles. The number of halogens is 2. The van der Waals surface area contributed by atoms with E-state index < -0.39 is 11.8 Å². The van der Waals surface area contributed by atoms with E-state index in [1.54, 1.807) is 26.0 Å². The Morgan fingerprint density at radius 1 is 1.29 bits per heavy atom. The Morgan fingerprint density at radius 3 is 2.47 bits per heavy atom. The summed E-state index contributed by atoms with van der Waals surface area (Å²) >= 11 is 0. The molecule has 17 heavy (non-hydrogen) atoms. The lowest BCUT2D eigenvalue weighted by atomic mass is 9.76. The van der Waals surface area contributed by atoms with Gasteiger partial charge < -0.3 is 5.73 Å². The van der Waals surface area contributed by atoms with Crippen LogP contribution in [0.5, 0.6) is 0 Å². The van der Waals surface area contributed by atoms with Crippen molar-refractivity contribution < 1.29 is 8.78 Å². The van der Waals surface area contributed by atoms with Crippen LogP contribution in [0.1, 0.15) is 43.7 Å². The average Bonchev–Trinajstić information content (AvgIpc) is 2.25. The van der Waals surface area contributed by atoms with Gasteiger partial charge in [-0.05, 0) is 30.4 Å². The van der Waals surface area contributed by atoms with E-state index in [-0.39, 0.29) is 11.6 Å². The normalized spacial score (nSPS) is 24.8. The number of alkyl halides is 2. The maximum Gasteiger partial charge on any atom is 0.275 e. The number of hydrogen-bond acceptors (Lipinski definition) is 1. The van der Waals surface area contributed by atoms with Crippen LogP contribution in [0.15, 0.2) is 24.3 Å². The summed E-state index contributed by atoms with van der Waals surface area (Å²) in [5.74, 6) is -3.06. The van der Waals surface area contributed by atoms with Crippen LogP contribution in [0.4, 0.5) is 8.78 Å². The van der Waals surface area contributed by atoms with Gasteiger partial charge >= 0.3 is 0 Å². The van der Waals surface area contributed by atoms with E-state index in [1.165, 1.54) is 6.07 Å². The van der Waals surface area contributed by atoms with E-state index in [1.807, 2.05) is 6.07 Å². The van der Waals surface area contributed by atoms with Crippen molar-refractivity contribution in [1.29, 1.82) is 0 Å². The molecule has 2 rings (SSSR count). The van der Waals surface area contributed by atoms with Crippen LogP contribution in [-0.2, 0) is 5.92 Å². The molecule has 1 aliphatic rings. The molecule has 0 aromatic heterocycles. The number of hydrogen-bond donors (Lipinski definition) is 1. The number of benzene rings is 1. The van der Waals surface area contributed by atoms with Gasteiger partial charge in [-0.3, -0.25) is 0 Å². The van der Waals surface area contributed by atoms with E-state index in [4.69, 9.17) is 5.73 Å². The average molecular weight is 239 g/mol. The van der Waals surface area contributed by atoms with E-state index in [2.05, 4.69) is 0 Å². The molecule has 3 heteroatoms. The quantitative estimate of drug-likeness (QED) is 0.856. The fraction of sp³-hybridized carbons (Fsp3) is 0.571. The SMILES string of the molecule is CC(C)C(F)(F)c1cccc(C2CC(N)C2)c1. The molecule has 1 aliphatic carbocycles. The first-order chi connectivity index (χ1) is 7.91. The van der Waals surface area contributed by atoms with Gasteiger partial charge in [-0.15, -0.1) is 0 Å². The van der Waals surface area contributed by atoms with Crippen molar-refractivity contribution in [3.05, 3.63) is 35.4 Å². The van der Waals surface area contributed by atoms with E-state index >= 15 is 0 Å². The van der Waals surface area contributed by atoms with Gasteiger partial charge in [0.2, 0.25) is 0 Å². The summed E-state index contributed by atoms with van der Waals surface area (Å²) in [7, 11) is 0. The highest BCUT2D eigenvalue weighted by molar-refractivity contribution is 5.31. The molecule has 1 nitrogen and oxygen atoms in total. The van der Waals surface area contributed by atoms with Crippen LogP contribution in [-0.4, -0.2) is 6.04 Å².